The van der Waals surface area contributed by atoms with Gasteiger partial charge in [0.05, 0.1) is 36.9 Å². The molecule has 0 radical (unpaired) electrons. The number of ether oxygens (including phenoxy) is 3. The lowest BCUT2D eigenvalue weighted by molar-refractivity contribution is -0.384. The Bertz CT molecular complexity index is 1390. The first-order valence-electron chi connectivity index (χ1n) is 10.3. The van der Waals surface area contributed by atoms with E-state index in [1.54, 1.807) is 19.1 Å². The van der Waals surface area contributed by atoms with Gasteiger partial charge in [-0.05, 0) is 55.5 Å². The highest BCUT2D eigenvalue weighted by atomic mass is 35.5. The van der Waals surface area contributed by atoms with Crippen molar-refractivity contribution in [1.29, 1.82) is 0 Å². The second-order valence-corrected chi connectivity index (χ2v) is 9.39. The number of anilines is 2. The fourth-order valence-corrected chi connectivity index (χ4v) is 4.36. The molecule has 0 heterocycles. The summed E-state index contributed by atoms with van der Waals surface area (Å²) in [5.74, 6) is 1.23. The van der Waals surface area contributed by atoms with Crippen LogP contribution in [0.5, 0.6) is 17.2 Å². The van der Waals surface area contributed by atoms with Crippen molar-refractivity contribution in [2.75, 3.05) is 31.5 Å². The number of benzene rings is 3. The SMILES string of the molecule is COc1cc(/C(C)=N/Nc2ccc(S(=O)(=O)Nc3ccc(Cl)cc3)cc2[N+](=O)[O-])cc(OC)c1OC. The third-order valence-electron chi connectivity index (χ3n) is 5.00. The predicted octanol–water partition coefficient (Wildman–Crippen LogP) is 4.91. The van der Waals surface area contributed by atoms with Gasteiger partial charge in [-0.25, -0.2) is 8.42 Å². The molecule has 0 saturated heterocycles. The van der Waals surface area contributed by atoms with Crippen LogP contribution in [-0.2, 0) is 10.0 Å². The molecular formula is C23H23ClN4O7S. The zero-order chi connectivity index (χ0) is 26.5. The Morgan fingerprint density at radius 3 is 2.11 bits per heavy atom. The van der Waals surface area contributed by atoms with Gasteiger partial charge in [0.2, 0.25) is 5.75 Å². The molecule has 0 unspecified atom stereocenters. The fourth-order valence-electron chi connectivity index (χ4n) is 3.15. The molecule has 0 atom stereocenters. The lowest BCUT2D eigenvalue weighted by Gasteiger charge is -2.14. The van der Waals surface area contributed by atoms with Crippen molar-refractivity contribution in [1.82, 2.24) is 0 Å². The van der Waals surface area contributed by atoms with E-state index in [1.165, 1.54) is 57.7 Å². The van der Waals surface area contributed by atoms with E-state index in [0.29, 0.717) is 33.5 Å². The summed E-state index contributed by atoms with van der Waals surface area (Å²) in [7, 11) is 0.344. The summed E-state index contributed by atoms with van der Waals surface area (Å²) in [6.45, 7) is 1.67. The number of halogens is 1. The second-order valence-electron chi connectivity index (χ2n) is 7.27. The zero-order valence-electron chi connectivity index (χ0n) is 19.7. The molecule has 0 fully saturated rings. The number of hydrogen-bond donors (Lipinski definition) is 2. The van der Waals surface area contributed by atoms with Crippen LogP contribution in [0.1, 0.15) is 12.5 Å². The quantitative estimate of drug-likeness (QED) is 0.212. The van der Waals surface area contributed by atoms with Crippen LogP contribution in [0.25, 0.3) is 0 Å². The lowest BCUT2D eigenvalue weighted by atomic mass is 10.1. The Labute approximate surface area is 212 Å². The molecule has 13 heteroatoms. The standard InChI is InChI=1S/C23H23ClN4O7S/c1-14(15-11-21(33-2)23(35-4)22(12-15)34-3)25-26-19-10-9-18(13-20(19)28(29)30)36(31,32)27-17-7-5-16(24)6-8-17/h5-13,26-27H,1-4H3/b25-14+. The van der Waals surface area contributed by atoms with E-state index in [9.17, 15) is 18.5 Å². The zero-order valence-corrected chi connectivity index (χ0v) is 21.3. The highest BCUT2D eigenvalue weighted by molar-refractivity contribution is 7.92. The van der Waals surface area contributed by atoms with E-state index in [4.69, 9.17) is 25.8 Å². The minimum atomic E-state index is -4.10. The normalized spacial score (nSPS) is 11.5. The van der Waals surface area contributed by atoms with E-state index in [0.717, 1.165) is 6.07 Å². The van der Waals surface area contributed by atoms with Gasteiger partial charge in [0, 0.05) is 22.3 Å². The van der Waals surface area contributed by atoms with Crippen LogP contribution in [0.4, 0.5) is 17.1 Å². The Hall–Kier alpha value is -4.03. The van der Waals surface area contributed by atoms with Gasteiger partial charge in [-0.15, -0.1) is 0 Å². The summed E-state index contributed by atoms with van der Waals surface area (Å²) < 4.78 is 43.8. The molecular weight excluding hydrogens is 512 g/mol. The van der Waals surface area contributed by atoms with E-state index < -0.39 is 20.6 Å². The number of hydrazone groups is 1. The molecule has 0 saturated carbocycles. The largest absolute Gasteiger partial charge is 0.493 e. The molecule has 0 aromatic heterocycles. The molecule has 0 aliphatic heterocycles. The third kappa shape index (κ3) is 5.96. The van der Waals surface area contributed by atoms with Gasteiger partial charge in [0.25, 0.3) is 15.7 Å². The summed E-state index contributed by atoms with van der Waals surface area (Å²) in [6.07, 6.45) is 0. The first-order chi connectivity index (χ1) is 17.1. The number of hydrogen-bond acceptors (Lipinski definition) is 9. The topological polar surface area (TPSA) is 141 Å². The predicted molar refractivity (Wildman–Crippen MR) is 137 cm³/mol. The molecule has 0 bridgehead atoms. The van der Waals surface area contributed by atoms with E-state index in [-0.39, 0.29) is 16.3 Å². The molecule has 3 rings (SSSR count). The third-order valence-corrected chi connectivity index (χ3v) is 6.63. The van der Waals surface area contributed by atoms with Crippen LogP contribution in [0.2, 0.25) is 5.02 Å². The van der Waals surface area contributed by atoms with Gasteiger partial charge in [-0.1, -0.05) is 11.6 Å². The van der Waals surface area contributed by atoms with Gasteiger partial charge >= 0.3 is 0 Å². The lowest BCUT2D eigenvalue weighted by Crippen LogP contribution is -2.13. The molecule has 0 aliphatic carbocycles. The van der Waals surface area contributed by atoms with Crippen LogP contribution >= 0.6 is 11.6 Å². The summed E-state index contributed by atoms with van der Waals surface area (Å²) in [6, 6.07) is 12.8. The van der Waals surface area contributed by atoms with Gasteiger partial charge in [-0.2, -0.15) is 5.10 Å². The Morgan fingerprint density at radius 2 is 1.58 bits per heavy atom. The van der Waals surface area contributed by atoms with Gasteiger partial charge in [-0.3, -0.25) is 20.3 Å². The number of methoxy groups -OCH3 is 3. The molecule has 2 N–H and O–H groups in total. The maximum atomic E-state index is 12.7. The molecule has 0 amide bonds. The number of nitro benzene ring substituents is 1. The van der Waals surface area contributed by atoms with Crippen molar-refractivity contribution >= 4 is 44.4 Å². The number of sulfonamides is 1. The van der Waals surface area contributed by atoms with Crippen molar-refractivity contribution < 1.29 is 27.6 Å². The van der Waals surface area contributed by atoms with Gasteiger partial charge < -0.3 is 14.2 Å². The molecule has 36 heavy (non-hydrogen) atoms. The number of nitro groups is 1. The van der Waals surface area contributed by atoms with Crippen LogP contribution in [0.15, 0.2) is 64.6 Å². The van der Waals surface area contributed by atoms with E-state index in [2.05, 4.69) is 15.2 Å². The first-order valence-corrected chi connectivity index (χ1v) is 12.1. The Kier molecular flexibility index (Phi) is 8.22. The second kappa shape index (κ2) is 11.1. The summed E-state index contributed by atoms with van der Waals surface area (Å²) in [5, 5.41) is 16.3. The molecule has 190 valence electrons. The Morgan fingerprint density at radius 1 is 0.972 bits per heavy atom. The number of rotatable bonds is 10. The average Bonchev–Trinajstić information content (AvgIpc) is 2.87. The summed E-state index contributed by atoms with van der Waals surface area (Å²) >= 11 is 5.82. The van der Waals surface area contributed by atoms with Crippen molar-refractivity contribution in [2.24, 2.45) is 5.10 Å². The van der Waals surface area contributed by atoms with Crippen LogP contribution < -0.4 is 24.4 Å². The molecule has 0 aliphatic rings. The molecule has 3 aromatic rings. The first kappa shape index (κ1) is 26.6. The molecule has 11 nitrogen and oxygen atoms in total. The molecule has 3 aromatic carbocycles. The van der Waals surface area contributed by atoms with Crippen LogP contribution in [-0.4, -0.2) is 40.4 Å². The smallest absolute Gasteiger partial charge is 0.295 e. The van der Waals surface area contributed by atoms with Crippen molar-refractivity contribution in [3.8, 4) is 17.2 Å². The number of nitrogens with one attached hydrogen (secondary N) is 2. The van der Waals surface area contributed by atoms with Crippen LogP contribution in [0, 0.1) is 10.1 Å². The number of nitrogens with zero attached hydrogens (tertiary/aromatic N) is 2. The van der Waals surface area contributed by atoms with Crippen molar-refractivity contribution in [3.05, 3.63) is 75.3 Å². The summed E-state index contributed by atoms with van der Waals surface area (Å²) in [4.78, 5) is 10.7. The van der Waals surface area contributed by atoms with Crippen LogP contribution in [0.3, 0.4) is 0 Å². The van der Waals surface area contributed by atoms with E-state index >= 15 is 0 Å². The maximum absolute atomic E-state index is 12.7. The monoisotopic (exact) mass is 534 g/mol. The molecule has 0 spiro atoms. The van der Waals surface area contributed by atoms with E-state index in [1.807, 2.05) is 0 Å². The van der Waals surface area contributed by atoms with Gasteiger partial charge in [0.15, 0.2) is 11.5 Å². The highest BCUT2D eigenvalue weighted by Crippen LogP contribution is 2.38. The average molecular weight is 535 g/mol. The highest BCUT2D eigenvalue weighted by Gasteiger charge is 2.22. The minimum absolute atomic E-state index is 0.00256. The van der Waals surface area contributed by atoms with Gasteiger partial charge in [0.1, 0.15) is 5.69 Å². The Balaban J connectivity index is 1.91. The maximum Gasteiger partial charge on any atom is 0.295 e. The van der Waals surface area contributed by atoms with Crippen molar-refractivity contribution in [3.63, 3.8) is 0 Å². The fraction of sp³-hybridized carbons (Fsp3) is 0.174. The summed E-state index contributed by atoms with van der Waals surface area (Å²) in [5.41, 5.74) is 3.47. The van der Waals surface area contributed by atoms with Crippen molar-refractivity contribution in [2.45, 2.75) is 11.8 Å². The minimum Gasteiger partial charge on any atom is -0.493 e.